The van der Waals surface area contributed by atoms with Crippen molar-refractivity contribution in [3.63, 3.8) is 0 Å². The number of amides is 1. The molecule has 128 valence electrons. The van der Waals surface area contributed by atoms with Gasteiger partial charge in [-0.1, -0.05) is 5.16 Å². The minimum absolute atomic E-state index is 0.126. The van der Waals surface area contributed by atoms with Crippen LogP contribution in [0.1, 0.15) is 12.2 Å². The zero-order valence-corrected chi connectivity index (χ0v) is 13.7. The first kappa shape index (κ1) is 16.3. The number of rotatable bonds is 5. The SMILES string of the molecule is Cc1cc(NCCC(=O)N2CCN(c3ccc(F)cc3)CC2)no1. The van der Waals surface area contributed by atoms with E-state index in [1.54, 1.807) is 18.2 Å². The molecule has 1 fully saturated rings. The van der Waals surface area contributed by atoms with Gasteiger partial charge in [-0.25, -0.2) is 4.39 Å². The fourth-order valence-electron chi connectivity index (χ4n) is 2.77. The first-order valence-electron chi connectivity index (χ1n) is 8.07. The van der Waals surface area contributed by atoms with E-state index < -0.39 is 0 Å². The highest BCUT2D eigenvalue weighted by Gasteiger charge is 2.21. The van der Waals surface area contributed by atoms with Gasteiger partial charge in [-0.15, -0.1) is 0 Å². The van der Waals surface area contributed by atoms with Gasteiger partial charge in [0.1, 0.15) is 11.6 Å². The van der Waals surface area contributed by atoms with E-state index in [4.69, 9.17) is 4.52 Å². The van der Waals surface area contributed by atoms with E-state index in [2.05, 4.69) is 15.4 Å². The summed E-state index contributed by atoms with van der Waals surface area (Å²) in [6.45, 7) is 5.23. The van der Waals surface area contributed by atoms with Crippen molar-refractivity contribution in [2.45, 2.75) is 13.3 Å². The third-order valence-corrected chi connectivity index (χ3v) is 4.10. The molecule has 1 saturated heterocycles. The Labute approximate surface area is 140 Å². The van der Waals surface area contributed by atoms with E-state index in [9.17, 15) is 9.18 Å². The first-order valence-corrected chi connectivity index (χ1v) is 8.07. The average Bonchev–Trinajstić information content (AvgIpc) is 3.01. The van der Waals surface area contributed by atoms with Crippen molar-refractivity contribution in [1.82, 2.24) is 10.1 Å². The molecule has 0 radical (unpaired) electrons. The molecule has 0 bridgehead atoms. The van der Waals surface area contributed by atoms with E-state index in [-0.39, 0.29) is 11.7 Å². The maximum atomic E-state index is 13.0. The van der Waals surface area contributed by atoms with E-state index in [1.807, 2.05) is 11.8 Å². The van der Waals surface area contributed by atoms with Gasteiger partial charge in [0, 0.05) is 50.9 Å². The zero-order valence-electron chi connectivity index (χ0n) is 13.7. The Balaban J connectivity index is 1.42. The number of carbonyl (C=O) groups is 1. The topological polar surface area (TPSA) is 61.6 Å². The summed E-state index contributed by atoms with van der Waals surface area (Å²) >= 11 is 0. The summed E-state index contributed by atoms with van der Waals surface area (Å²) < 4.78 is 17.9. The van der Waals surface area contributed by atoms with Crippen LogP contribution in [0.3, 0.4) is 0 Å². The second kappa shape index (κ2) is 7.33. The summed E-state index contributed by atoms with van der Waals surface area (Å²) in [5.41, 5.74) is 0.992. The van der Waals surface area contributed by atoms with Crippen molar-refractivity contribution in [3.05, 3.63) is 41.9 Å². The molecule has 1 amide bonds. The van der Waals surface area contributed by atoms with Crippen LogP contribution in [0, 0.1) is 12.7 Å². The molecule has 24 heavy (non-hydrogen) atoms. The smallest absolute Gasteiger partial charge is 0.224 e. The molecule has 3 rings (SSSR count). The van der Waals surface area contributed by atoms with Gasteiger partial charge >= 0.3 is 0 Å². The van der Waals surface area contributed by atoms with Crippen LogP contribution in [-0.4, -0.2) is 48.7 Å². The van der Waals surface area contributed by atoms with Crippen molar-refractivity contribution >= 4 is 17.4 Å². The number of hydrogen-bond donors (Lipinski definition) is 1. The number of carbonyl (C=O) groups excluding carboxylic acids is 1. The zero-order chi connectivity index (χ0) is 16.9. The number of aryl methyl sites for hydroxylation is 1. The maximum Gasteiger partial charge on any atom is 0.224 e. The summed E-state index contributed by atoms with van der Waals surface area (Å²) in [5, 5.41) is 6.91. The lowest BCUT2D eigenvalue weighted by atomic mass is 10.2. The summed E-state index contributed by atoms with van der Waals surface area (Å²) in [6, 6.07) is 8.27. The van der Waals surface area contributed by atoms with Crippen LogP contribution in [0.15, 0.2) is 34.9 Å². The number of halogens is 1. The number of hydrogen-bond acceptors (Lipinski definition) is 5. The van der Waals surface area contributed by atoms with Crippen LogP contribution >= 0.6 is 0 Å². The van der Waals surface area contributed by atoms with E-state index in [1.165, 1.54) is 12.1 Å². The van der Waals surface area contributed by atoms with Crippen molar-refractivity contribution in [2.24, 2.45) is 0 Å². The summed E-state index contributed by atoms with van der Waals surface area (Å²) in [5.74, 6) is 1.28. The number of benzene rings is 1. The van der Waals surface area contributed by atoms with E-state index in [0.29, 0.717) is 31.9 Å². The quantitative estimate of drug-likeness (QED) is 0.910. The van der Waals surface area contributed by atoms with Gasteiger partial charge in [0.15, 0.2) is 5.82 Å². The molecule has 0 atom stereocenters. The highest BCUT2D eigenvalue weighted by Crippen LogP contribution is 2.17. The second-order valence-electron chi connectivity index (χ2n) is 5.84. The van der Waals surface area contributed by atoms with E-state index in [0.717, 1.165) is 24.5 Å². The number of aromatic nitrogens is 1. The highest BCUT2D eigenvalue weighted by molar-refractivity contribution is 5.77. The standard InChI is InChI=1S/C17H21FN4O2/c1-13-12-16(20-24-13)19-7-6-17(23)22-10-8-21(9-11-22)15-4-2-14(18)3-5-15/h2-5,12H,6-11H2,1H3,(H,19,20). The predicted octanol–water partition coefficient (Wildman–Crippen LogP) is 2.27. The molecule has 0 aliphatic carbocycles. The fraction of sp³-hybridized carbons (Fsp3) is 0.412. The van der Waals surface area contributed by atoms with Gasteiger partial charge in [0.05, 0.1) is 0 Å². The van der Waals surface area contributed by atoms with Gasteiger partial charge in [-0.3, -0.25) is 4.79 Å². The molecule has 1 aromatic carbocycles. The molecule has 1 aromatic heterocycles. The van der Waals surface area contributed by atoms with Crippen LogP contribution in [0.5, 0.6) is 0 Å². The molecule has 0 saturated carbocycles. The highest BCUT2D eigenvalue weighted by atomic mass is 19.1. The third-order valence-electron chi connectivity index (χ3n) is 4.10. The number of anilines is 2. The van der Waals surface area contributed by atoms with Crippen molar-refractivity contribution in [3.8, 4) is 0 Å². The lowest BCUT2D eigenvalue weighted by Gasteiger charge is -2.36. The number of nitrogens with zero attached hydrogens (tertiary/aromatic N) is 3. The Morgan fingerprint density at radius 3 is 2.58 bits per heavy atom. The van der Waals surface area contributed by atoms with Crippen molar-refractivity contribution < 1.29 is 13.7 Å². The number of nitrogens with one attached hydrogen (secondary N) is 1. The molecular weight excluding hydrogens is 311 g/mol. The summed E-state index contributed by atoms with van der Waals surface area (Å²) in [7, 11) is 0. The summed E-state index contributed by atoms with van der Waals surface area (Å²) in [4.78, 5) is 16.3. The molecule has 6 nitrogen and oxygen atoms in total. The first-order chi connectivity index (χ1) is 11.6. The molecule has 1 N–H and O–H groups in total. The van der Waals surface area contributed by atoms with Gasteiger partial charge in [-0.05, 0) is 31.2 Å². The van der Waals surface area contributed by atoms with E-state index >= 15 is 0 Å². The minimum Gasteiger partial charge on any atom is -0.368 e. The number of piperazine rings is 1. The molecule has 2 aromatic rings. The van der Waals surface area contributed by atoms with Crippen LogP contribution in [-0.2, 0) is 4.79 Å². The second-order valence-corrected chi connectivity index (χ2v) is 5.84. The van der Waals surface area contributed by atoms with Crippen molar-refractivity contribution in [2.75, 3.05) is 42.9 Å². The Bertz CT molecular complexity index is 678. The Hall–Kier alpha value is -2.57. The van der Waals surface area contributed by atoms with Gasteiger partial charge < -0.3 is 19.6 Å². The van der Waals surface area contributed by atoms with Crippen LogP contribution in [0.2, 0.25) is 0 Å². The molecule has 1 aliphatic heterocycles. The van der Waals surface area contributed by atoms with Crippen molar-refractivity contribution in [1.29, 1.82) is 0 Å². The Morgan fingerprint density at radius 1 is 1.25 bits per heavy atom. The lowest BCUT2D eigenvalue weighted by Crippen LogP contribution is -2.49. The lowest BCUT2D eigenvalue weighted by molar-refractivity contribution is -0.131. The molecule has 0 spiro atoms. The fourth-order valence-corrected chi connectivity index (χ4v) is 2.77. The molecule has 0 unspecified atom stereocenters. The van der Waals surface area contributed by atoms with Gasteiger partial charge in [0.2, 0.25) is 5.91 Å². The van der Waals surface area contributed by atoms with Crippen LogP contribution in [0.25, 0.3) is 0 Å². The maximum absolute atomic E-state index is 13.0. The molecular formula is C17H21FN4O2. The monoisotopic (exact) mass is 332 g/mol. The normalized spacial score (nSPS) is 14.8. The molecule has 2 heterocycles. The van der Waals surface area contributed by atoms with Gasteiger partial charge in [0.25, 0.3) is 0 Å². The summed E-state index contributed by atoms with van der Waals surface area (Å²) in [6.07, 6.45) is 0.419. The third kappa shape index (κ3) is 4.04. The largest absolute Gasteiger partial charge is 0.368 e. The minimum atomic E-state index is -0.234. The van der Waals surface area contributed by atoms with Crippen LogP contribution in [0.4, 0.5) is 15.9 Å². The van der Waals surface area contributed by atoms with Gasteiger partial charge in [-0.2, -0.15) is 0 Å². The predicted molar refractivity (Wildman–Crippen MR) is 89.5 cm³/mol. The average molecular weight is 332 g/mol. The molecule has 7 heteroatoms. The Morgan fingerprint density at radius 2 is 1.96 bits per heavy atom. The van der Waals surface area contributed by atoms with Crippen LogP contribution < -0.4 is 10.2 Å². The molecule has 1 aliphatic rings. The Kier molecular flexibility index (Phi) is 4.98.